The summed E-state index contributed by atoms with van der Waals surface area (Å²) in [7, 11) is 0. The third kappa shape index (κ3) is 4.47. The summed E-state index contributed by atoms with van der Waals surface area (Å²) in [5.74, 6) is -0.983. The van der Waals surface area contributed by atoms with Crippen LogP contribution in [0.1, 0.15) is 32.1 Å². The van der Waals surface area contributed by atoms with E-state index in [0.717, 1.165) is 12.8 Å². The molecule has 3 N–H and O–H groups in total. The number of carbonyl (C=O) groups is 1. The SMILES string of the molecule is O=C(O)CC(O)CN(CCO)C1CCCC1. The van der Waals surface area contributed by atoms with Gasteiger partial charge >= 0.3 is 5.97 Å². The van der Waals surface area contributed by atoms with E-state index in [0.29, 0.717) is 19.1 Å². The molecule has 0 amide bonds. The standard InChI is InChI=1S/C11H21NO4/c13-6-5-12(9-3-1-2-4-9)8-10(14)7-11(15)16/h9-10,13-14H,1-8H2,(H,15,16). The number of nitrogens with zero attached hydrogens (tertiary/aromatic N) is 1. The Labute approximate surface area is 95.7 Å². The van der Waals surface area contributed by atoms with E-state index in [1.165, 1.54) is 12.8 Å². The molecule has 0 saturated heterocycles. The van der Waals surface area contributed by atoms with Crippen molar-refractivity contribution in [3.63, 3.8) is 0 Å². The van der Waals surface area contributed by atoms with Gasteiger partial charge in [0.1, 0.15) is 0 Å². The van der Waals surface area contributed by atoms with Crippen molar-refractivity contribution in [1.29, 1.82) is 0 Å². The molecule has 0 heterocycles. The highest BCUT2D eigenvalue weighted by molar-refractivity contribution is 5.67. The molecule has 16 heavy (non-hydrogen) atoms. The fraction of sp³-hybridized carbons (Fsp3) is 0.909. The van der Waals surface area contributed by atoms with Crippen LogP contribution in [0.2, 0.25) is 0 Å². The second-order valence-electron chi connectivity index (χ2n) is 4.41. The first-order chi connectivity index (χ1) is 7.63. The van der Waals surface area contributed by atoms with Crippen LogP contribution in [0.4, 0.5) is 0 Å². The largest absolute Gasteiger partial charge is 0.481 e. The van der Waals surface area contributed by atoms with Crippen molar-refractivity contribution < 1.29 is 20.1 Å². The first-order valence-corrected chi connectivity index (χ1v) is 5.88. The molecular weight excluding hydrogens is 210 g/mol. The Bertz CT molecular complexity index is 216. The Morgan fingerprint density at radius 2 is 2.00 bits per heavy atom. The number of carboxylic acids is 1. The van der Waals surface area contributed by atoms with Gasteiger partial charge in [0.05, 0.1) is 19.1 Å². The van der Waals surface area contributed by atoms with Gasteiger partial charge in [0, 0.05) is 19.1 Å². The van der Waals surface area contributed by atoms with Crippen LogP contribution < -0.4 is 0 Å². The molecule has 0 aromatic rings. The van der Waals surface area contributed by atoms with Crippen molar-refractivity contribution in [2.24, 2.45) is 0 Å². The second-order valence-corrected chi connectivity index (χ2v) is 4.41. The molecule has 0 aromatic heterocycles. The lowest BCUT2D eigenvalue weighted by atomic mass is 10.1. The van der Waals surface area contributed by atoms with Gasteiger partial charge in [-0.1, -0.05) is 12.8 Å². The van der Waals surface area contributed by atoms with Crippen molar-refractivity contribution in [2.45, 2.75) is 44.2 Å². The average molecular weight is 231 g/mol. The smallest absolute Gasteiger partial charge is 0.306 e. The quantitative estimate of drug-likeness (QED) is 0.577. The Balaban J connectivity index is 2.39. The van der Waals surface area contributed by atoms with E-state index in [4.69, 9.17) is 10.2 Å². The number of hydrogen-bond donors (Lipinski definition) is 3. The molecule has 1 saturated carbocycles. The molecule has 5 heteroatoms. The van der Waals surface area contributed by atoms with Gasteiger partial charge in [0.2, 0.25) is 0 Å². The maximum atomic E-state index is 10.4. The van der Waals surface area contributed by atoms with Crippen LogP contribution in [-0.2, 0) is 4.79 Å². The van der Waals surface area contributed by atoms with Gasteiger partial charge in [-0.05, 0) is 12.8 Å². The molecule has 0 bridgehead atoms. The minimum atomic E-state index is -0.983. The molecule has 1 aliphatic carbocycles. The van der Waals surface area contributed by atoms with Crippen molar-refractivity contribution in [1.82, 2.24) is 4.90 Å². The first-order valence-electron chi connectivity index (χ1n) is 5.88. The average Bonchev–Trinajstić information content (AvgIpc) is 2.68. The van der Waals surface area contributed by atoms with E-state index in [9.17, 15) is 9.90 Å². The molecule has 1 rings (SSSR count). The van der Waals surface area contributed by atoms with Crippen molar-refractivity contribution in [3.05, 3.63) is 0 Å². The second kappa shape index (κ2) is 6.83. The summed E-state index contributed by atoms with van der Waals surface area (Å²) >= 11 is 0. The molecule has 0 radical (unpaired) electrons. The molecule has 94 valence electrons. The van der Waals surface area contributed by atoms with E-state index in [2.05, 4.69) is 0 Å². The lowest BCUT2D eigenvalue weighted by molar-refractivity contribution is -0.139. The molecule has 5 nitrogen and oxygen atoms in total. The van der Waals surface area contributed by atoms with Crippen molar-refractivity contribution in [2.75, 3.05) is 19.7 Å². The summed E-state index contributed by atoms with van der Waals surface area (Å²) in [5.41, 5.74) is 0. The highest BCUT2D eigenvalue weighted by Gasteiger charge is 2.24. The molecule has 1 fully saturated rings. The van der Waals surface area contributed by atoms with Gasteiger partial charge in [0.25, 0.3) is 0 Å². The Hall–Kier alpha value is -0.650. The normalized spacial score (nSPS) is 19.2. The van der Waals surface area contributed by atoms with Gasteiger partial charge in [-0.15, -0.1) is 0 Å². The molecule has 1 unspecified atom stereocenters. The van der Waals surface area contributed by atoms with Crippen LogP contribution in [0.3, 0.4) is 0 Å². The summed E-state index contributed by atoms with van der Waals surface area (Å²) in [5, 5.41) is 27.1. The molecule has 0 aliphatic heterocycles. The van der Waals surface area contributed by atoms with Crippen LogP contribution in [0.25, 0.3) is 0 Å². The molecule has 1 aliphatic rings. The van der Waals surface area contributed by atoms with E-state index in [1.54, 1.807) is 0 Å². The topological polar surface area (TPSA) is 81.0 Å². The van der Waals surface area contributed by atoms with Gasteiger partial charge in [-0.2, -0.15) is 0 Å². The summed E-state index contributed by atoms with van der Waals surface area (Å²) < 4.78 is 0. The van der Waals surface area contributed by atoms with Crippen LogP contribution in [-0.4, -0.2) is 58.0 Å². The lowest BCUT2D eigenvalue weighted by Crippen LogP contribution is -2.41. The maximum Gasteiger partial charge on any atom is 0.306 e. The van der Waals surface area contributed by atoms with Crippen molar-refractivity contribution in [3.8, 4) is 0 Å². The predicted octanol–water partition coefficient (Wildman–Crippen LogP) is 0.0589. The minimum absolute atomic E-state index is 0.0519. The van der Waals surface area contributed by atoms with E-state index < -0.39 is 12.1 Å². The Morgan fingerprint density at radius 3 is 2.50 bits per heavy atom. The van der Waals surface area contributed by atoms with Crippen LogP contribution in [0.5, 0.6) is 0 Å². The lowest BCUT2D eigenvalue weighted by Gasteiger charge is -2.29. The zero-order valence-corrected chi connectivity index (χ0v) is 9.51. The monoisotopic (exact) mass is 231 g/mol. The highest BCUT2D eigenvalue weighted by atomic mass is 16.4. The van der Waals surface area contributed by atoms with Crippen molar-refractivity contribution >= 4 is 5.97 Å². The number of rotatable bonds is 7. The summed E-state index contributed by atoms with van der Waals surface area (Å²) in [6.45, 7) is 0.912. The number of aliphatic carboxylic acids is 1. The van der Waals surface area contributed by atoms with E-state index in [1.807, 2.05) is 4.90 Å². The fourth-order valence-electron chi connectivity index (χ4n) is 2.36. The number of aliphatic hydroxyl groups excluding tert-OH is 2. The number of aliphatic hydroxyl groups is 2. The third-order valence-corrected chi connectivity index (χ3v) is 3.08. The Kier molecular flexibility index (Phi) is 5.73. The summed E-state index contributed by atoms with van der Waals surface area (Å²) in [4.78, 5) is 12.5. The number of carboxylic acid groups (broad SMARTS) is 1. The van der Waals surface area contributed by atoms with Gasteiger partial charge in [-0.25, -0.2) is 0 Å². The van der Waals surface area contributed by atoms with Crippen LogP contribution in [0.15, 0.2) is 0 Å². The number of hydrogen-bond acceptors (Lipinski definition) is 4. The van der Waals surface area contributed by atoms with Crippen LogP contribution >= 0.6 is 0 Å². The molecule has 0 spiro atoms. The molecule has 1 atom stereocenters. The fourth-order valence-corrected chi connectivity index (χ4v) is 2.36. The zero-order chi connectivity index (χ0) is 12.0. The minimum Gasteiger partial charge on any atom is -0.481 e. The third-order valence-electron chi connectivity index (χ3n) is 3.08. The van der Waals surface area contributed by atoms with E-state index >= 15 is 0 Å². The first kappa shape index (κ1) is 13.4. The summed E-state index contributed by atoms with van der Waals surface area (Å²) in [6.07, 6.45) is 3.46. The van der Waals surface area contributed by atoms with Gasteiger partial charge < -0.3 is 15.3 Å². The predicted molar refractivity (Wildman–Crippen MR) is 59.2 cm³/mol. The van der Waals surface area contributed by atoms with Gasteiger partial charge in [0.15, 0.2) is 0 Å². The molecular formula is C11H21NO4. The summed E-state index contributed by atoms with van der Waals surface area (Å²) in [6, 6.07) is 0.399. The van der Waals surface area contributed by atoms with Crippen LogP contribution in [0, 0.1) is 0 Å². The zero-order valence-electron chi connectivity index (χ0n) is 9.51. The van der Waals surface area contributed by atoms with E-state index in [-0.39, 0.29) is 13.0 Å². The maximum absolute atomic E-state index is 10.4. The highest BCUT2D eigenvalue weighted by Crippen LogP contribution is 2.23. The molecule has 0 aromatic carbocycles. The van der Waals surface area contributed by atoms with Gasteiger partial charge in [-0.3, -0.25) is 9.69 Å². The Morgan fingerprint density at radius 1 is 1.38 bits per heavy atom.